The van der Waals surface area contributed by atoms with Crippen molar-refractivity contribution in [1.29, 1.82) is 5.26 Å². The summed E-state index contributed by atoms with van der Waals surface area (Å²) in [5.74, 6) is -0.946. The molecule has 0 bridgehead atoms. The van der Waals surface area contributed by atoms with Gasteiger partial charge in [0.15, 0.2) is 6.61 Å². The zero-order chi connectivity index (χ0) is 22.9. The lowest BCUT2D eigenvalue weighted by atomic mass is 10.1. The molecule has 3 aromatic rings. The van der Waals surface area contributed by atoms with Crippen molar-refractivity contribution in [1.82, 2.24) is 0 Å². The maximum Gasteiger partial charge on any atom is 0.266 e. The van der Waals surface area contributed by atoms with Crippen molar-refractivity contribution in [3.8, 4) is 11.8 Å². The van der Waals surface area contributed by atoms with E-state index in [0.717, 1.165) is 5.56 Å². The van der Waals surface area contributed by atoms with Gasteiger partial charge in [-0.1, -0.05) is 30.3 Å². The normalized spacial score (nSPS) is 10.7. The van der Waals surface area contributed by atoms with Crippen molar-refractivity contribution >= 4 is 29.3 Å². The average molecular weight is 429 g/mol. The molecule has 3 aromatic carbocycles. The van der Waals surface area contributed by atoms with Crippen LogP contribution in [0.15, 0.2) is 78.4 Å². The van der Waals surface area contributed by atoms with E-state index >= 15 is 0 Å². The van der Waals surface area contributed by atoms with Gasteiger partial charge in [-0.2, -0.15) is 5.26 Å². The molecule has 0 aliphatic carbocycles. The van der Waals surface area contributed by atoms with Gasteiger partial charge in [-0.15, -0.1) is 0 Å². The van der Waals surface area contributed by atoms with Crippen LogP contribution in [0, 0.1) is 24.1 Å². The molecule has 0 aliphatic rings. The summed E-state index contributed by atoms with van der Waals surface area (Å²) < 4.78 is 18.5. The lowest BCUT2D eigenvalue weighted by Gasteiger charge is -2.10. The van der Waals surface area contributed by atoms with Crippen LogP contribution >= 0.6 is 0 Å². The number of carbonyl (C=O) groups excluding carboxylic acids is 2. The minimum absolute atomic E-state index is 0.135. The maximum absolute atomic E-state index is 13.0. The van der Waals surface area contributed by atoms with Gasteiger partial charge in [0.05, 0.1) is 0 Å². The number of amides is 2. The van der Waals surface area contributed by atoms with E-state index in [0.29, 0.717) is 22.7 Å². The average Bonchev–Trinajstić information content (AvgIpc) is 2.79. The second-order valence-corrected chi connectivity index (χ2v) is 6.86. The summed E-state index contributed by atoms with van der Waals surface area (Å²) in [5.41, 5.74) is 2.44. The SMILES string of the molecule is Cc1ccccc1NC(=O)COc1cccc(/C=C(\C#N)C(=O)Nc2ccc(F)cc2)c1. The quantitative estimate of drug-likeness (QED) is 0.421. The van der Waals surface area contributed by atoms with Crippen LogP contribution in [0.4, 0.5) is 15.8 Å². The van der Waals surface area contributed by atoms with Gasteiger partial charge in [0.2, 0.25) is 0 Å². The highest BCUT2D eigenvalue weighted by molar-refractivity contribution is 6.09. The van der Waals surface area contributed by atoms with E-state index in [1.807, 2.05) is 31.2 Å². The van der Waals surface area contributed by atoms with Gasteiger partial charge in [0.25, 0.3) is 11.8 Å². The van der Waals surface area contributed by atoms with Crippen LogP contribution in [0.5, 0.6) is 5.75 Å². The Morgan fingerprint density at radius 3 is 2.50 bits per heavy atom. The zero-order valence-electron chi connectivity index (χ0n) is 17.3. The lowest BCUT2D eigenvalue weighted by Crippen LogP contribution is -2.20. The molecule has 0 aliphatic heterocycles. The Morgan fingerprint density at radius 1 is 1.03 bits per heavy atom. The predicted molar refractivity (Wildman–Crippen MR) is 120 cm³/mol. The number of nitriles is 1. The zero-order valence-corrected chi connectivity index (χ0v) is 17.3. The smallest absolute Gasteiger partial charge is 0.266 e. The summed E-state index contributed by atoms with van der Waals surface area (Å²) >= 11 is 0. The lowest BCUT2D eigenvalue weighted by molar-refractivity contribution is -0.118. The first-order chi connectivity index (χ1) is 15.4. The van der Waals surface area contributed by atoms with Gasteiger partial charge >= 0.3 is 0 Å². The molecular formula is C25H20FN3O3. The monoisotopic (exact) mass is 429 g/mol. The molecule has 0 saturated heterocycles. The van der Waals surface area contributed by atoms with E-state index in [1.165, 1.54) is 30.3 Å². The van der Waals surface area contributed by atoms with E-state index < -0.39 is 11.7 Å². The molecule has 32 heavy (non-hydrogen) atoms. The third kappa shape index (κ3) is 6.28. The second-order valence-electron chi connectivity index (χ2n) is 6.86. The first kappa shape index (κ1) is 22.2. The molecular weight excluding hydrogens is 409 g/mol. The number of halogens is 1. The summed E-state index contributed by atoms with van der Waals surface area (Å²) in [6.45, 7) is 1.70. The Morgan fingerprint density at radius 2 is 1.78 bits per heavy atom. The van der Waals surface area contributed by atoms with E-state index in [4.69, 9.17) is 4.74 Å². The van der Waals surface area contributed by atoms with Crippen molar-refractivity contribution in [3.63, 3.8) is 0 Å². The summed E-state index contributed by atoms with van der Waals surface area (Å²) in [6.07, 6.45) is 1.40. The largest absolute Gasteiger partial charge is 0.484 e. The van der Waals surface area contributed by atoms with Gasteiger partial charge in [-0.05, 0) is 66.6 Å². The third-order valence-electron chi connectivity index (χ3n) is 4.43. The number of hydrogen-bond acceptors (Lipinski definition) is 4. The summed E-state index contributed by atoms with van der Waals surface area (Å²) in [4.78, 5) is 24.5. The Balaban J connectivity index is 1.63. The molecule has 0 spiro atoms. The van der Waals surface area contributed by atoms with Crippen LogP contribution in [0.2, 0.25) is 0 Å². The Kier molecular flexibility index (Phi) is 7.33. The molecule has 0 fully saturated rings. The molecule has 2 amide bonds. The van der Waals surface area contributed by atoms with E-state index in [9.17, 15) is 19.2 Å². The van der Waals surface area contributed by atoms with Crippen molar-refractivity contribution in [2.75, 3.05) is 17.2 Å². The third-order valence-corrected chi connectivity index (χ3v) is 4.43. The van der Waals surface area contributed by atoms with E-state index in [-0.39, 0.29) is 18.1 Å². The molecule has 3 rings (SSSR count). The van der Waals surface area contributed by atoms with Gasteiger partial charge in [-0.3, -0.25) is 9.59 Å². The van der Waals surface area contributed by atoms with Crippen molar-refractivity contribution in [3.05, 3.63) is 95.3 Å². The van der Waals surface area contributed by atoms with Crippen LogP contribution < -0.4 is 15.4 Å². The van der Waals surface area contributed by atoms with Crippen LogP contribution in [0.3, 0.4) is 0 Å². The van der Waals surface area contributed by atoms with Crippen LogP contribution in [-0.2, 0) is 9.59 Å². The molecule has 0 aromatic heterocycles. The molecule has 0 radical (unpaired) electrons. The van der Waals surface area contributed by atoms with Gasteiger partial charge in [0, 0.05) is 11.4 Å². The fourth-order valence-corrected chi connectivity index (χ4v) is 2.79. The van der Waals surface area contributed by atoms with Crippen molar-refractivity contribution in [2.24, 2.45) is 0 Å². The minimum Gasteiger partial charge on any atom is -0.484 e. The highest BCUT2D eigenvalue weighted by Gasteiger charge is 2.10. The number of rotatable bonds is 7. The number of anilines is 2. The first-order valence-corrected chi connectivity index (χ1v) is 9.71. The standard InChI is InChI=1S/C25H20FN3O3/c1-17-5-2-3-8-23(17)29-24(30)16-32-22-7-4-6-18(14-22)13-19(15-27)25(31)28-21-11-9-20(26)10-12-21/h2-14H,16H2,1H3,(H,28,31)(H,29,30)/b19-13+. The molecule has 0 heterocycles. The second kappa shape index (κ2) is 10.5. The number of carbonyl (C=O) groups is 2. The van der Waals surface area contributed by atoms with Crippen molar-refractivity contribution in [2.45, 2.75) is 6.92 Å². The fourth-order valence-electron chi connectivity index (χ4n) is 2.79. The predicted octanol–water partition coefficient (Wildman–Crippen LogP) is 4.70. The highest BCUT2D eigenvalue weighted by atomic mass is 19.1. The number of hydrogen-bond donors (Lipinski definition) is 2. The summed E-state index contributed by atoms with van der Waals surface area (Å²) in [6, 6.07) is 21.2. The van der Waals surface area contributed by atoms with Crippen LogP contribution in [0.1, 0.15) is 11.1 Å². The molecule has 7 heteroatoms. The van der Waals surface area contributed by atoms with E-state index in [2.05, 4.69) is 10.6 Å². The number of ether oxygens (including phenoxy) is 1. The first-order valence-electron chi connectivity index (χ1n) is 9.71. The number of nitrogens with zero attached hydrogens (tertiary/aromatic N) is 1. The molecule has 0 saturated carbocycles. The summed E-state index contributed by atoms with van der Waals surface area (Å²) in [5, 5.41) is 14.7. The van der Waals surface area contributed by atoms with Gasteiger partial charge < -0.3 is 15.4 Å². The highest BCUT2D eigenvalue weighted by Crippen LogP contribution is 2.18. The number of benzene rings is 3. The van der Waals surface area contributed by atoms with Gasteiger partial charge in [-0.25, -0.2) is 4.39 Å². The molecule has 0 atom stereocenters. The fraction of sp³-hybridized carbons (Fsp3) is 0.0800. The Bertz CT molecular complexity index is 1200. The number of para-hydroxylation sites is 1. The van der Waals surface area contributed by atoms with E-state index in [1.54, 1.807) is 30.3 Å². The maximum atomic E-state index is 13.0. The van der Waals surface area contributed by atoms with Crippen LogP contribution in [-0.4, -0.2) is 18.4 Å². The Hall–Kier alpha value is -4.44. The molecule has 2 N–H and O–H groups in total. The van der Waals surface area contributed by atoms with Crippen molar-refractivity contribution < 1.29 is 18.7 Å². The molecule has 160 valence electrons. The number of nitrogens with one attached hydrogen (secondary N) is 2. The molecule has 6 nitrogen and oxygen atoms in total. The summed E-state index contributed by atoms with van der Waals surface area (Å²) in [7, 11) is 0. The number of aryl methyl sites for hydroxylation is 1. The van der Waals surface area contributed by atoms with Gasteiger partial charge in [0.1, 0.15) is 23.2 Å². The molecule has 0 unspecified atom stereocenters. The van der Waals surface area contributed by atoms with Crippen LogP contribution in [0.25, 0.3) is 6.08 Å². The Labute approximate surface area is 185 Å². The topological polar surface area (TPSA) is 91.2 Å². The minimum atomic E-state index is -0.622.